The summed E-state index contributed by atoms with van der Waals surface area (Å²) in [6.07, 6.45) is 8.66. The first-order chi connectivity index (χ1) is 6.31. The minimum atomic E-state index is 0.847. The summed E-state index contributed by atoms with van der Waals surface area (Å²) in [5, 5.41) is 0. The predicted molar refractivity (Wildman–Crippen MR) is 61.4 cm³/mol. The van der Waals surface area contributed by atoms with E-state index >= 15 is 0 Å². The third-order valence-corrected chi connectivity index (χ3v) is 2.39. The number of hydrogen-bond donors (Lipinski definition) is 0. The molecule has 0 spiro atoms. The number of hydrogen-bond acceptors (Lipinski definition) is 1. The molecule has 1 nitrogen and oxygen atoms in total. The van der Waals surface area contributed by atoms with Crippen molar-refractivity contribution in [2.24, 2.45) is 0 Å². The zero-order chi connectivity index (χ0) is 9.94. The van der Waals surface area contributed by atoms with Crippen molar-refractivity contribution in [3.63, 3.8) is 0 Å². The van der Waals surface area contributed by atoms with Crippen LogP contribution in [0.5, 0.6) is 0 Å². The van der Waals surface area contributed by atoms with E-state index < -0.39 is 0 Å². The molecule has 0 heterocycles. The topological polar surface area (TPSA) is 3.24 Å². The molecular weight excluding hydrogens is 157 g/mol. The summed E-state index contributed by atoms with van der Waals surface area (Å²) in [5.74, 6) is 0. The first-order valence-electron chi connectivity index (χ1n) is 5.70. The third-order valence-electron chi connectivity index (χ3n) is 2.39. The fourth-order valence-corrected chi connectivity index (χ4v) is 1.45. The molecule has 0 unspecified atom stereocenters. The van der Waals surface area contributed by atoms with Gasteiger partial charge in [-0.25, -0.2) is 0 Å². The van der Waals surface area contributed by atoms with E-state index in [1.165, 1.54) is 51.6 Å². The highest BCUT2D eigenvalue weighted by atomic mass is 15.1. The van der Waals surface area contributed by atoms with Crippen molar-refractivity contribution in [1.82, 2.24) is 4.90 Å². The average molecular weight is 181 g/mol. The lowest BCUT2D eigenvalue weighted by atomic mass is 9.99. The smallest absolute Gasteiger partial charge is 0.0653 e. The molecule has 0 aromatic carbocycles. The largest absolute Gasteiger partial charge is 0.306 e. The highest BCUT2D eigenvalue weighted by molar-refractivity contribution is 6.08. The molecule has 0 saturated carbocycles. The second-order valence-corrected chi connectivity index (χ2v) is 3.86. The van der Waals surface area contributed by atoms with Crippen LogP contribution in [0, 0.1) is 0 Å². The summed E-state index contributed by atoms with van der Waals surface area (Å²) < 4.78 is 0. The molecule has 13 heavy (non-hydrogen) atoms. The molecule has 0 aromatic rings. The van der Waals surface area contributed by atoms with Gasteiger partial charge >= 0.3 is 0 Å². The fourth-order valence-electron chi connectivity index (χ4n) is 1.45. The van der Waals surface area contributed by atoms with E-state index in [1.54, 1.807) is 0 Å². The van der Waals surface area contributed by atoms with E-state index in [0.717, 1.165) is 6.32 Å². The van der Waals surface area contributed by atoms with Crippen LogP contribution < -0.4 is 0 Å². The van der Waals surface area contributed by atoms with Crippen LogP contribution in [0.3, 0.4) is 0 Å². The SMILES string of the molecule is [B]CCCCCN(C)CCCCC. The summed E-state index contributed by atoms with van der Waals surface area (Å²) in [7, 11) is 7.65. The van der Waals surface area contributed by atoms with Crippen LogP contribution in [-0.4, -0.2) is 32.9 Å². The molecule has 2 radical (unpaired) electrons. The van der Waals surface area contributed by atoms with E-state index in [-0.39, 0.29) is 0 Å². The molecule has 0 aromatic heterocycles. The molecule has 0 aliphatic rings. The van der Waals surface area contributed by atoms with Crippen molar-refractivity contribution in [2.45, 2.75) is 51.8 Å². The van der Waals surface area contributed by atoms with Gasteiger partial charge in [0.1, 0.15) is 0 Å². The van der Waals surface area contributed by atoms with Gasteiger partial charge < -0.3 is 4.90 Å². The second-order valence-electron chi connectivity index (χ2n) is 3.86. The van der Waals surface area contributed by atoms with Gasteiger partial charge in [0, 0.05) is 0 Å². The molecule has 0 atom stereocenters. The molecule has 2 heteroatoms. The fraction of sp³-hybridized carbons (Fsp3) is 1.00. The predicted octanol–water partition coefficient (Wildman–Crippen LogP) is 2.87. The van der Waals surface area contributed by atoms with E-state index in [2.05, 4.69) is 18.9 Å². The zero-order valence-electron chi connectivity index (χ0n) is 9.39. The van der Waals surface area contributed by atoms with Gasteiger partial charge in [-0.3, -0.25) is 0 Å². The maximum absolute atomic E-state index is 5.43. The van der Waals surface area contributed by atoms with Crippen LogP contribution >= 0.6 is 0 Å². The molecule has 76 valence electrons. The van der Waals surface area contributed by atoms with E-state index in [1.807, 2.05) is 0 Å². The van der Waals surface area contributed by atoms with Crippen molar-refractivity contribution >= 4 is 7.85 Å². The molecular formula is C11H24BN. The minimum Gasteiger partial charge on any atom is -0.306 e. The lowest BCUT2D eigenvalue weighted by Crippen LogP contribution is -2.20. The average Bonchev–Trinajstić information content (AvgIpc) is 2.13. The van der Waals surface area contributed by atoms with Crippen molar-refractivity contribution < 1.29 is 0 Å². The van der Waals surface area contributed by atoms with Crippen molar-refractivity contribution in [1.29, 1.82) is 0 Å². The first-order valence-corrected chi connectivity index (χ1v) is 5.70. The van der Waals surface area contributed by atoms with E-state index in [0.29, 0.717) is 0 Å². The lowest BCUT2D eigenvalue weighted by Gasteiger charge is -2.15. The van der Waals surface area contributed by atoms with Gasteiger partial charge in [-0.1, -0.05) is 38.9 Å². The Hall–Kier alpha value is 0.0249. The summed E-state index contributed by atoms with van der Waals surface area (Å²) in [4.78, 5) is 2.44. The third kappa shape index (κ3) is 9.94. The molecule has 0 fully saturated rings. The van der Waals surface area contributed by atoms with Gasteiger partial charge in [0.2, 0.25) is 0 Å². The Morgan fingerprint density at radius 1 is 0.923 bits per heavy atom. The van der Waals surface area contributed by atoms with Gasteiger partial charge in [0.25, 0.3) is 0 Å². The Labute approximate surface area is 85.3 Å². The Morgan fingerprint density at radius 3 is 2.08 bits per heavy atom. The van der Waals surface area contributed by atoms with Gasteiger partial charge in [0.05, 0.1) is 7.85 Å². The van der Waals surface area contributed by atoms with Gasteiger partial charge in [0.15, 0.2) is 0 Å². The Balaban J connectivity index is 3.05. The second kappa shape index (κ2) is 10.1. The number of nitrogens with zero attached hydrogens (tertiary/aromatic N) is 1. The van der Waals surface area contributed by atoms with Gasteiger partial charge in [-0.15, -0.1) is 0 Å². The number of rotatable bonds is 9. The first kappa shape index (κ1) is 13.0. The van der Waals surface area contributed by atoms with Crippen LogP contribution in [0.4, 0.5) is 0 Å². The monoisotopic (exact) mass is 181 g/mol. The normalized spacial score (nSPS) is 11.0. The Bertz CT molecular complexity index is 96.1. The van der Waals surface area contributed by atoms with Crippen LogP contribution in [0.25, 0.3) is 0 Å². The van der Waals surface area contributed by atoms with Crippen molar-refractivity contribution in [2.75, 3.05) is 20.1 Å². The standard InChI is InChI=1S/C11H24BN/c1-3-4-7-10-13(2)11-8-5-6-9-12/h3-11H2,1-2H3. The van der Waals surface area contributed by atoms with Gasteiger partial charge in [-0.05, 0) is 33.0 Å². The van der Waals surface area contributed by atoms with E-state index in [9.17, 15) is 0 Å². The molecule has 0 aliphatic carbocycles. The summed E-state index contributed by atoms with van der Waals surface area (Å²) >= 11 is 0. The lowest BCUT2D eigenvalue weighted by molar-refractivity contribution is 0.317. The molecule has 0 N–H and O–H groups in total. The molecule has 0 aliphatic heterocycles. The maximum Gasteiger partial charge on any atom is 0.0653 e. The summed E-state index contributed by atoms with van der Waals surface area (Å²) in [6.45, 7) is 4.75. The van der Waals surface area contributed by atoms with Crippen molar-refractivity contribution in [3.05, 3.63) is 0 Å². The molecule has 0 bridgehead atoms. The minimum absolute atomic E-state index is 0.847. The summed E-state index contributed by atoms with van der Waals surface area (Å²) in [6, 6.07) is 0. The number of unbranched alkanes of at least 4 members (excludes halogenated alkanes) is 4. The van der Waals surface area contributed by atoms with Crippen LogP contribution in [-0.2, 0) is 0 Å². The summed E-state index contributed by atoms with van der Waals surface area (Å²) in [5.41, 5.74) is 0. The van der Waals surface area contributed by atoms with Crippen LogP contribution in [0.2, 0.25) is 6.32 Å². The molecule has 0 rings (SSSR count). The maximum atomic E-state index is 5.43. The van der Waals surface area contributed by atoms with Gasteiger partial charge in [-0.2, -0.15) is 0 Å². The van der Waals surface area contributed by atoms with E-state index in [4.69, 9.17) is 7.85 Å². The molecule has 0 amide bonds. The quantitative estimate of drug-likeness (QED) is 0.390. The van der Waals surface area contributed by atoms with Crippen LogP contribution in [0.1, 0.15) is 45.4 Å². The highest BCUT2D eigenvalue weighted by Gasteiger charge is 1.96. The van der Waals surface area contributed by atoms with Crippen LogP contribution in [0.15, 0.2) is 0 Å². The van der Waals surface area contributed by atoms with Crippen molar-refractivity contribution in [3.8, 4) is 0 Å². The Kier molecular flexibility index (Phi) is 10.1. The Morgan fingerprint density at radius 2 is 1.54 bits per heavy atom. The highest BCUT2D eigenvalue weighted by Crippen LogP contribution is 2.01. The molecule has 0 saturated heterocycles. The zero-order valence-corrected chi connectivity index (χ0v) is 9.39.